The molecule has 2 N–H and O–H groups in total. The van der Waals surface area contributed by atoms with E-state index in [9.17, 15) is 0 Å². The lowest BCUT2D eigenvalue weighted by Crippen LogP contribution is -2.40. The molecule has 0 saturated carbocycles. The highest BCUT2D eigenvalue weighted by molar-refractivity contribution is 4.92. The van der Waals surface area contributed by atoms with Crippen molar-refractivity contribution in [3.05, 3.63) is 18.2 Å². The van der Waals surface area contributed by atoms with Gasteiger partial charge in [-0.1, -0.05) is 13.8 Å². The third-order valence-electron chi connectivity index (χ3n) is 3.06. The quantitative estimate of drug-likeness (QED) is 0.788. The Labute approximate surface area is 104 Å². The molecule has 0 bridgehead atoms. The van der Waals surface area contributed by atoms with Gasteiger partial charge in [-0.3, -0.25) is 0 Å². The molecule has 0 spiro atoms. The Balaban J connectivity index is 2.47. The summed E-state index contributed by atoms with van der Waals surface area (Å²) in [4.78, 5) is 4.30. The summed E-state index contributed by atoms with van der Waals surface area (Å²) in [6.45, 7) is 7.04. The molecule has 4 heteroatoms. The zero-order chi connectivity index (χ0) is 12.8. The monoisotopic (exact) mass is 239 g/mol. The molecule has 1 heterocycles. The molecule has 1 aromatic rings. The molecule has 2 unspecified atom stereocenters. The van der Waals surface area contributed by atoms with Gasteiger partial charge in [-0.15, -0.1) is 0 Å². The predicted molar refractivity (Wildman–Crippen MR) is 69.8 cm³/mol. The van der Waals surface area contributed by atoms with Gasteiger partial charge in [0.25, 0.3) is 0 Å². The average Bonchev–Trinajstić information content (AvgIpc) is 2.68. The van der Waals surface area contributed by atoms with Crippen LogP contribution in [0, 0.1) is 5.92 Å². The predicted octanol–water partition coefficient (Wildman–Crippen LogP) is 1.74. The first-order valence-electron chi connectivity index (χ1n) is 6.39. The topological polar surface area (TPSA) is 53.1 Å². The Bertz CT molecular complexity index is 322. The Morgan fingerprint density at radius 3 is 2.65 bits per heavy atom. The minimum atomic E-state index is 0.0756. The fraction of sp³-hybridized carbons (Fsp3) is 0.769. The summed E-state index contributed by atoms with van der Waals surface area (Å²) < 4.78 is 7.75. The van der Waals surface area contributed by atoms with Gasteiger partial charge in [0.15, 0.2) is 0 Å². The van der Waals surface area contributed by atoms with Crippen molar-refractivity contribution in [2.24, 2.45) is 18.7 Å². The van der Waals surface area contributed by atoms with E-state index < -0.39 is 0 Å². The van der Waals surface area contributed by atoms with E-state index in [1.807, 2.05) is 30.9 Å². The maximum atomic E-state index is 6.21. The number of aromatic nitrogens is 2. The Hall–Kier alpha value is -0.870. The number of rotatable bonds is 7. The van der Waals surface area contributed by atoms with Crippen molar-refractivity contribution in [1.82, 2.24) is 9.55 Å². The minimum absolute atomic E-state index is 0.0756. The number of hydrogen-bond donors (Lipinski definition) is 1. The van der Waals surface area contributed by atoms with E-state index in [1.54, 1.807) is 0 Å². The van der Waals surface area contributed by atoms with Crippen LogP contribution in [-0.4, -0.2) is 28.3 Å². The standard InChI is InChI=1S/C13H25N3O/c1-5-17-13(10(2)3)11(14)6-7-12-15-8-9-16(12)4/h8-11,13H,5-7,14H2,1-4H3. The van der Waals surface area contributed by atoms with Gasteiger partial charge in [0, 0.05) is 38.5 Å². The van der Waals surface area contributed by atoms with E-state index in [0.29, 0.717) is 5.92 Å². The maximum absolute atomic E-state index is 6.21. The van der Waals surface area contributed by atoms with E-state index in [4.69, 9.17) is 10.5 Å². The number of hydrogen-bond acceptors (Lipinski definition) is 3. The summed E-state index contributed by atoms with van der Waals surface area (Å²) in [5, 5.41) is 0. The van der Waals surface area contributed by atoms with Gasteiger partial charge in [-0.05, 0) is 19.3 Å². The summed E-state index contributed by atoms with van der Waals surface area (Å²) in [5.74, 6) is 1.53. The second-order valence-electron chi connectivity index (χ2n) is 4.82. The molecule has 0 radical (unpaired) electrons. The van der Waals surface area contributed by atoms with Crippen LogP contribution in [0.2, 0.25) is 0 Å². The zero-order valence-electron chi connectivity index (χ0n) is 11.4. The summed E-state index contributed by atoms with van der Waals surface area (Å²) in [5.41, 5.74) is 6.21. The molecule has 0 saturated heterocycles. The summed E-state index contributed by atoms with van der Waals surface area (Å²) >= 11 is 0. The molecule has 1 rings (SSSR count). The smallest absolute Gasteiger partial charge is 0.108 e. The van der Waals surface area contributed by atoms with Crippen molar-refractivity contribution in [2.75, 3.05) is 6.61 Å². The van der Waals surface area contributed by atoms with Gasteiger partial charge in [-0.2, -0.15) is 0 Å². The third kappa shape index (κ3) is 4.13. The summed E-state index contributed by atoms with van der Waals surface area (Å²) in [6, 6.07) is 0.0756. The molecule has 0 aliphatic rings. The van der Waals surface area contributed by atoms with Crippen LogP contribution < -0.4 is 5.73 Å². The molecule has 0 fully saturated rings. The lowest BCUT2D eigenvalue weighted by atomic mass is 9.96. The molecule has 1 aromatic heterocycles. The maximum Gasteiger partial charge on any atom is 0.108 e. The Kier molecular flexibility index (Phi) is 5.65. The average molecular weight is 239 g/mol. The highest BCUT2D eigenvalue weighted by atomic mass is 16.5. The number of ether oxygens (including phenoxy) is 1. The van der Waals surface area contributed by atoms with E-state index in [0.717, 1.165) is 25.3 Å². The van der Waals surface area contributed by atoms with Crippen LogP contribution in [0.1, 0.15) is 33.0 Å². The van der Waals surface area contributed by atoms with Gasteiger partial charge < -0.3 is 15.0 Å². The molecule has 4 nitrogen and oxygen atoms in total. The summed E-state index contributed by atoms with van der Waals surface area (Å²) in [6.07, 6.45) is 5.74. The zero-order valence-corrected chi connectivity index (χ0v) is 11.4. The first kappa shape index (κ1) is 14.2. The largest absolute Gasteiger partial charge is 0.377 e. The van der Waals surface area contributed by atoms with Crippen LogP contribution >= 0.6 is 0 Å². The van der Waals surface area contributed by atoms with Gasteiger partial charge in [0.05, 0.1) is 6.10 Å². The van der Waals surface area contributed by atoms with Crippen LogP contribution in [-0.2, 0) is 18.2 Å². The number of aryl methyl sites for hydroxylation is 2. The van der Waals surface area contributed by atoms with Crippen LogP contribution in [0.5, 0.6) is 0 Å². The van der Waals surface area contributed by atoms with Gasteiger partial charge >= 0.3 is 0 Å². The molecule has 2 atom stereocenters. The third-order valence-corrected chi connectivity index (χ3v) is 3.06. The van der Waals surface area contributed by atoms with Crippen molar-refractivity contribution in [3.63, 3.8) is 0 Å². The number of imidazole rings is 1. The van der Waals surface area contributed by atoms with Gasteiger partial charge in [0.2, 0.25) is 0 Å². The molecule has 0 aliphatic carbocycles. The molecule has 0 aliphatic heterocycles. The van der Waals surface area contributed by atoms with E-state index in [1.165, 1.54) is 0 Å². The first-order valence-corrected chi connectivity index (χ1v) is 6.39. The molecule has 0 amide bonds. The van der Waals surface area contributed by atoms with Crippen molar-refractivity contribution in [2.45, 2.75) is 45.8 Å². The van der Waals surface area contributed by atoms with Crippen LogP contribution in [0.15, 0.2) is 12.4 Å². The number of nitrogens with zero attached hydrogens (tertiary/aromatic N) is 2. The Morgan fingerprint density at radius 1 is 1.47 bits per heavy atom. The van der Waals surface area contributed by atoms with Crippen LogP contribution in [0.3, 0.4) is 0 Å². The van der Waals surface area contributed by atoms with E-state index >= 15 is 0 Å². The SMILES string of the molecule is CCOC(C(C)C)C(N)CCc1nccn1C. The fourth-order valence-electron chi connectivity index (χ4n) is 2.10. The van der Waals surface area contributed by atoms with Crippen LogP contribution in [0.25, 0.3) is 0 Å². The Morgan fingerprint density at radius 2 is 2.18 bits per heavy atom. The molecule has 98 valence electrons. The van der Waals surface area contributed by atoms with Crippen LogP contribution in [0.4, 0.5) is 0 Å². The van der Waals surface area contributed by atoms with Gasteiger partial charge in [0.1, 0.15) is 5.82 Å². The molecule has 17 heavy (non-hydrogen) atoms. The van der Waals surface area contributed by atoms with E-state index in [2.05, 4.69) is 18.8 Å². The lowest BCUT2D eigenvalue weighted by molar-refractivity contribution is 0.0108. The van der Waals surface area contributed by atoms with Crippen molar-refractivity contribution >= 4 is 0 Å². The molecular weight excluding hydrogens is 214 g/mol. The van der Waals surface area contributed by atoms with Crippen molar-refractivity contribution in [3.8, 4) is 0 Å². The highest BCUT2D eigenvalue weighted by Crippen LogP contribution is 2.14. The second kappa shape index (κ2) is 6.77. The second-order valence-corrected chi connectivity index (χ2v) is 4.82. The highest BCUT2D eigenvalue weighted by Gasteiger charge is 2.21. The van der Waals surface area contributed by atoms with Crippen molar-refractivity contribution < 1.29 is 4.74 Å². The fourth-order valence-corrected chi connectivity index (χ4v) is 2.10. The van der Waals surface area contributed by atoms with Gasteiger partial charge in [-0.25, -0.2) is 4.98 Å². The van der Waals surface area contributed by atoms with E-state index in [-0.39, 0.29) is 12.1 Å². The lowest BCUT2D eigenvalue weighted by Gasteiger charge is -2.27. The summed E-state index contributed by atoms with van der Waals surface area (Å²) in [7, 11) is 2.01. The first-order chi connectivity index (χ1) is 8.06. The molecule has 0 aromatic carbocycles. The van der Waals surface area contributed by atoms with Crippen molar-refractivity contribution in [1.29, 1.82) is 0 Å². The molecular formula is C13H25N3O. The number of nitrogens with two attached hydrogens (primary N) is 1. The normalized spacial score (nSPS) is 15.2. The minimum Gasteiger partial charge on any atom is -0.377 e.